The third-order valence-electron chi connectivity index (χ3n) is 5.73. The maximum Gasteiger partial charge on any atom is 0.126 e. The van der Waals surface area contributed by atoms with Crippen LogP contribution in [0, 0.1) is 23.5 Å². The summed E-state index contributed by atoms with van der Waals surface area (Å²) in [6, 6.07) is 24.3. The minimum atomic E-state index is -0.233. The standard InChI is InChI=1S/C30H26F2/c1-2-3-4-24-12-15-26(30(32)20-24)14-11-23-7-5-22(6-8-23)9-10-25-13-16-28-21-29(31)18-17-27(28)19-25/h5-8,12-13,15-21H,2-4,11,14H2,1H3. The van der Waals surface area contributed by atoms with E-state index in [4.69, 9.17) is 0 Å². The first-order valence-electron chi connectivity index (χ1n) is 11.2. The van der Waals surface area contributed by atoms with Gasteiger partial charge < -0.3 is 0 Å². The largest absolute Gasteiger partial charge is 0.207 e. The van der Waals surface area contributed by atoms with Crippen molar-refractivity contribution in [1.82, 2.24) is 0 Å². The van der Waals surface area contributed by atoms with E-state index in [0.29, 0.717) is 6.42 Å². The fraction of sp³-hybridized carbons (Fsp3) is 0.200. The van der Waals surface area contributed by atoms with Crippen LogP contribution in [-0.4, -0.2) is 0 Å². The van der Waals surface area contributed by atoms with Gasteiger partial charge in [-0.2, -0.15) is 0 Å². The van der Waals surface area contributed by atoms with Crippen LogP contribution in [0.25, 0.3) is 10.8 Å². The molecule has 0 aliphatic rings. The molecule has 0 bridgehead atoms. The Hall–Kier alpha value is -3.44. The monoisotopic (exact) mass is 424 g/mol. The second kappa shape index (κ2) is 10.2. The van der Waals surface area contributed by atoms with Gasteiger partial charge in [-0.1, -0.05) is 61.6 Å². The van der Waals surface area contributed by atoms with Crippen LogP contribution < -0.4 is 0 Å². The molecule has 4 rings (SSSR count). The van der Waals surface area contributed by atoms with Gasteiger partial charge in [-0.05, 0) is 95.6 Å². The molecule has 0 saturated heterocycles. The van der Waals surface area contributed by atoms with Crippen molar-refractivity contribution in [3.8, 4) is 11.8 Å². The average Bonchev–Trinajstić information content (AvgIpc) is 2.81. The van der Waals surface area contributed by atoms with Gasteiger partial charge in [-0.25, -0.2) is 8.78 Å². The summed E-state index contributed by atoms with van der Waals surface area (Å²) in [5.74, 6) is 6.03. The second-order valence-electron chi connectivity index (χ2n) is 8.18. The number of halogens is 2. The van der Waals surface area contributed by atoms with Gasteiger partial charge in [0.1, 0.15) is 11.6 Å². The van der Waals surface area contributed by atoms with E-state index in [0.717, 1.165) is 64.3 Å². The van der Waals surface area contributed by atoms with Crippen LogP contribution in [0.15, 0.2) is 78.9 Å². The molecule has 0 fully saturated rings. The lowest BCUT2D eigenvalue weighted by Gasteiger charge is -2.07. The van der Waals surface area contributed by atoms with Crippen molar-refractivity contribution in [3.63, 3.8) is 0 Å². The van der Waals surface area contributed by atoms with Gasteiger partial charge in [0.2, 0.25) is 0 Å². The molecule has 4 aromatic carbocycles. The highest BCUT2D eigenvalue weighted by molar-refractivity contribution is 5.83. The summed E-state index contributed by atoms with van der Waals surface area (Å²) in [4.78, 5) is 0. The Bertz CT molecular complexity index is 1270. The summed E-state index contributed by atoms with van der Waals surface area (Å²) in [5.41, 5.74) is 4.84. The van der Waals surface area contributed by atoms with Gasteiger partial charge in [-0.15, -0.1) is 0 Å². The van der Waals surface area contributed by atoms with Crippen LogP contribution in [0.5, 0.6) is 0 Å². The van der Waals surface area contributed by atoms with Crippen molar-refractivity contribution >= 4 is 10.8 Å². The zero-order chi connectivity index (χ0) is 22.3. The molecule has 160 valence electrons. The van der Waals surface area contributed by atoms with Gasteiger partial charge in [0.05, 0.1) is 0 Å². The molecule has 0 aromatic heterocycles. The normalized spacial score (nSPS) is 10.7. The van der Waals surface area contributed by atoms with Gasteiger partial charge in [0, 0.05) is 11.1 Å². The molecule has 0 N–H and O–H groups in total. The molecule has 0 atom stereocenters. The maximum absolute atomic E-state index is 14.4. The first-order valence-corrected chi connectivity index (χ1v) is 11.2. The highest BCUT2D eigenvalue weighted by atomic mass is 19.1. The van der Waals surface area contributed by atoms with E-state index >= 15 is 0 Å². The fourth-order valence-electron chi connectivity index (χ4n) is 3.80. The molecular weight excluding hydrogens is 398 g/mol. The molecule has 0 aliphatic heterocycles. The smallest absolute Gasteiger partial charge is 0.126 e. The molecule has 0 nitrogen and oxygen atoms in total. The highest BCUT2D eigenvalue weighted by Gasteiger charge is 2.05. The summed E-state index contributed by atoms with van der Waals surface area (Å²) in [7, 11) is 0. The topological polar surface area (TPSA) is 0 Å². The predicted octanol–water partition coefficient (Wildman–Crippen LogP) is 7.65. The van der Waals surface area contributed by atoms with E-state index in [2.05, 4.69) is 37.0 Å². The first kappa shape index (κ1) is 21.8. The van der Waals surface area contributed by atoms with Gasteiger partial charge in [0.25, 0.3) is 0 Å². The van der Waals surface area contributed by atoms with Crippen LogP contribution >= 0.6 is 0 Å². The first-order chi connectivity index (χ1) is 15.6. The minimum absolute atomic E-state index is 0.0980. The Labute approximate surface area is 188 Å². The highest BCUT2D eigenvalue weighted by Crippen LogP contribution is 2.18. The van der Waals surface area contributed by atoms with Crippen LogP contribution in [0.3, 0.4) is 0 Å². The van der Waals surface area contributed by atoms with E-state index in [9.17, 15) is 8.78 Å². The Kier molecular flexibility index (Phi) is 6.97. The lowest BCUT2D eigenvalue weighted by Crippen LogP contribution is -1.97. The molecular formula is C30H26F2. The number of benzene rings is 4. The summed E-state index contributed by atoms with van der Waals surface area (Å²) in [5, 5.41) is 1.84. The second-order valence-corrected chi connectivity index (χ2v) is 8.18. The third-order valence-corrected chi connectivity index (χ3v) is 5.73. The average molecular weight is 425 g/mol. The van der Waals surface area contributed by atoms with Gasteiger partial charge >= 0.3 is 0 Å². The summed E-state index contributed by atoms with van der Waals surface area (Å²) >= 11 is 0. The summed E-state index contributed by atoms with van der Waals surface area (Å²) in [6.45, 7) is 2.15. The Balaban J connectivity index is 1.38. The lowest BCUT2D eigenvalue weighted by atomic mass is 10.00. The van der Waals surface area contributed by atoms with Crippen molar-refractivity contribution in [2.45, 2.75) is 39.0 Å². The molecule has 4 aromatic rings. The molecule has 0 amide bonds. The summed E-state index contributed by atoms with van der Waals surface area (Å²) in [6.07, 6.45) is 4.62. The minimum Gasteiger partial charge on any atom is -0.207 e. The number of fused-ring (bicyclic) bond motifs is 1. The van der Waals surface area contributed by atoms with Gasteiger partial charge in [0.15, 0.2) is 0 Å². The van der Waals surface area contributed by atoms with Crippen molar-refractivity contribution in [1.29, 1.82) is 0 Å². The molecule has 0 unspecified atom stereocenters. The Morgan fingerprint density at radius 2 is 1.31 bits per heavy atom. The maximum atomic E-state index is 14.4. The fourth-order valence-corrected chi connectivity index (χ4v) is 3.80. The van der Waals surface area contributed by atoms with Crippen molar-refractivity contribution in [2.75, 3.05) is 0 Å². The number of aryl methyl sites for hydroxylation is 3. The van der Waals surface area contributed by atoms with Crippen LogP contribution in [0.4, 0.5) is 8.78 Å². The quantitative estimate of drug-likeness (QED) is 0.279. The van der Waals surface area contributed by atoms with E-state index in [1.54, 1.807) is 12.1 Å². The number of rotatable bonds is 6. The van der Waals surface area contributed by atoms with E-state index in [1.165, 1.54) is 12.1 Å². The van der Waals surface area contributed by atoms with E-state index < -0.39 is 0 Å². The SMILES string of the molecule is CCCCc1ccc(CCc2ccc(C#Cc3ccc4cc(F)ccc4c3)cc2)c(F)c1. The third kappa shape index (κ3) is 5.62. The van der Waals surface area contributed by atoms with E-state index in [-0.39, 0.29) is 11.6 Å². The Morgan fingerprint density at radius 1 is 0.625 bits per heavy atom. The zero-order valence-corrected chi connectivity index (χ0v) is 18.3. The molecule has 0 radical (unpaired) electrons. The Morgan fingerprint density at radius 3 is 2.09 bits per heavy atom. The number of hydrogen-bond acceptors (Lipinski definition) is 0. The molecule has 0 spiro atoms. The van der Waals surface area contributed by atoms with Crippen molar-refractivity contribution < 1.29 is 8.78 Å². The summed E-state index contributed by atoms with van der Waals surface area (Å²) < 4.78 is 27.7. The molecule has 2 heteroatoms. The predicted molar refractivity (Wildman–Crippen MR) is 129 cm³/mol. The van der Waals surface area contributed by atoms with Crippen LogP contribution in [-0.2, 0) is 19.3 Å². The molecule has 32 heavy (non-hydrogen) atoms. The van der Waals surface area contributed by atoms with Crippen LogP contribution in [0.1, 0.15) is 47.6 Å². The molecule has 0 heterocycles. The number of unbranched alkanes of at least 4 members (excludes halogenated alkanes) is 1. The molecule has 0 saturated carbocycles. The number of hydrogen-bond donors (Lipinski definition) is 0. The van der Waals surface area contributed by atoms with Gasteiger partial charge in [-0.3, -0.25) is 0 Å². The zero-order valence-electron chi connectivity index (χ0n) is 18.3. The van der Waals surface area contributed by atoms with E-state index in [1.807, 2.05) is 36.4 Å². The van der Waals surface area contributed by atoms with Crippen molar-refractivity contribution in [3.05, 3.63) is 118 Å². The molecule has 0 aliphatic carbocycles. The lowest BCUT2D eigenvalue weighted by molar-refractivity contribution is 0.605. The van der Waals surface area contributed by atoms with Crippen molar-refractivity contribution in [2.24, 2.45) is 0 Å². The van der Waals surface area contributed by atoms with Crippen LogP contribution in [0.2, 0.25) is 0 Å².